The maximum Gasteiger partial charge on any atom is 0.164 e. The standard InChI is InChI=1S/C55H35N5.C54H34N6/c1-3-13-36(14-4-1)47-34-48(58-55(57-47)38-15-5-2-6-16-38)37-25-28-41(29-26-37)59-51-22-10-8-19-45(51)54-43(20-12-24-53(54)59)39-27-30-52-46(33-39)44-18-7-9-21-50(44)60(52)49-23-11-17-40-35-56-32-31-42(40)49;1-3-15-36(16-4-1)51-56-52(37-17-5-2-6-18-37)58-53(57-51)38-26-29-40(30-27-38)59-47-24-12-10-21-44(47)50-41(22-13-25-49(50)59)39-28-31-48-45(34-39)43-20-9-11-23-46(43)60(48)54-42-19-8-7-14-35(42)32-33-55-54/h1-35H;1-34H. The molecule has 0 spiro atoms. The van der Waals surface area contributed by atoms with Gasteiger partial charge in [0.25, 0.3) is 0 Å². The minimum absolute atomic E-state index is 0.631. The quantitative estimate of drug-likeness (QED) is 0.120. The molecule has 0 radical (unpaired) electrons. The second-order valence-corrected chi connectivity index (χ2v) is 30.3. The van der Waals surface area contributed by atoms with E-state index >= 15 is 0 Å². The third-order valence-electron chi connectivity index (χ3n) is 23.5. The van der Waals surface area contributed by atoms with Gasteiger partial charge in [-0.25, -0.2) is 29.9 Å². The Hall–Kier alpha value is -16.4. The molecule has 0 aliphatic carbocycles. The molecule has 120 heavy (non-hydrogen) atoms. The first-order chi connectivity index (χ1) is 59.5. The molecule has 560 valence electrons. The van der Waals surface area contributed by atoms with Crippen molar-refractivity contribution < 1.29 is 0 Å². The maximum absolute atomic E-state index is 5.09. The van der Waals surface area contributed by atoms with Crippen molar-refractivity contribution >= 4 is 109 Å². The van der Waals surface area contributed by atoms with Crippen molar-refractivity contribution in [3.63, 3.8) is 0 Å². The van der Waals surface area contributed by atoms with Crippen molar-refractivity contribution in [2.75, 3.05) is 0 Å². The van der Waals surface area contributed by atoms with Crippen LogP contribution in [-0.2, 0) is 0 Å². The summed E-state index contributed by atoms with van der Waals surface area (Å²) in [5.74, 6) is 3.57. The molecule has 16 aromatic carbocycles. The molecule has 0 amide bonds. The lowest BCUT2D eigenvalue weighted by Gasteiger charge is -2.12. The van der Waals surface area contributed by atoms with E-state index in [-0.39, 0.29) is 0 Å². The van der Waals surface area contributed by atoms with Crippen molar-refractivity contribution in [3.8, 4) is 113 Å². The molecule has 0 saturated heterocycles. The van der Waals surface area contributed by atoms with Gasteiger partial charge in [-0.2, -0.15) is 0 Å². The molecule has 11 heteroatoms. The van der Waals surface area contributed by atoms with Crippen molar-refractivity contribution in [2.45, 2.75) is 0 Å². The highest BCUT2D eigenvalue weighted by atomic mass is 15.1. The molecular weight excluding hydrogens is 1460 g/mol. The predicted molar refractivity (Wildman–Crippen MR) is 493 cm³/mol. The Morgan fingerprint density at radius 3 is 1.10 bits per heavy atom. The van der Waals surface area contributed by atoms with Crippen LogP contribution in [0, 0.1) is 0 Å². The van der Waals surface area contributed by atoms with E-state index in [0.29, 0.717) is 23.3 Å². The van der Waals surface area contributed by atoms with Gasteiger partial charge in [-0.3, -0.25) is 9.55 Å². The molecule has 11 nitrogen and oxygen atoms in total. The van der Waals surface area contributed by atoms with Gasteiger partial charge in [0, 0.05) is 123 Å². The number of hydrogen-bond donors (Lipinski definition) is 0. The van der Waals surface area contributed by atoms with E-state index < -0.39 is 0 Å². The lowest BCUT2D eigenvalue weighted by Crippen LogP contribution is -2.00. The summed E-state index contributed by atoms with van der Waals surface area (Å²) in [5, 5.41) is 14.3. The SMILES string of the molecule is c1ccc(-c2cc(-c3ccc(-n4c5ccccc5c5c(-c6ccc7c(c6)c6ccccc6n7-c6cccc7cnccc67)cccc54)cc3)nc(-c3ccccc3)n2)cc1.c1ccc(-c2nc(-c3ccccc3)nc(-c3ccc(-n4c5ccccc5c5c(-c6ccc7c(c6)c6ccccc6n7-c6nccc7ccccc67)cccc54)cc3)n2)cc1. The first-order valence-corrected chi connectivity index (χ1v) is 40.4. The number of rotatable bonds is 12. The fourth-order valence-corrected chi connectivity index (χ4v) is 18.0. The van der Waals surface area contributed by atoms with Crippen LogP contribution in [0.2, 0.25) is 0 Å². The summed E-state index contributed by atoms with van der Waals surface area (Å²) >= 11 is 0. The van der Waals surface area contributed by atoms with Gasteiger partial charge < -0.3 is 13.7 Å². The van der Waals surface area contributed by atoms with Crippen molar-refractivity contribution in [2.24, 2.45) is 0 Å². The number of pyridine rings is 2. The second-order valence-electron chi connectivity index (χ2n) is 30.3. The van der Waals surface area contributed by atoms with Crippen LogP contribution in [0.5, 0.6) is 0 Å². The fraction of sp³-hybridized carbons (Fsp3) is 0. The zero-order valence-corrected chi connectivity index (χ0v) is 64.8. The lowest BCUT2D eigenvalue weighted by atomic mass is 9.98. The molecule has 8 aromatic heterocycles. The van der Waals surface area contributed by atoms with Gasteiger partial charge >= 0.3 is 0 Å². The van der Waals surface area contributed by atoms with Crippen LogP contribution in [0.15, 0.2) is 419 Å². The van der Waals surface area contributed by atoms with Crippen LogP contribution in [0.1, 0.15) is 0 Å². The average Bonchev–Trinajstić information content (AvgIpc) is 1.58. The Bertz CT molecular complexity index is 7530. The maximum atomic E-state index is 5.09. The minimum Gasteiger partial charge on any atom is -0.309 e. The third kappa shape index (κ3) is 11.8. The highest BCUT2D eigenvalue weighted by Crippen LogP contribution is 2.46. The molecule has 0 aliphatic rings. The minimum atomic E-state index is 0.631. The molecule has 0 unspecified atom stereocenters. The van der Waals surface area contributed by atoms with Gasteiger partial charge in [-0.1, -0.05) is 279 Å². The van der Waals surface area contributed by atoms with Crippen LogP contribution < -0.4 is 0 Å². The van der Waals surface area contributed by atoms with Crippen LogP contribution in [0.3, 0.4) is 0 Å². The van der Waals surface area contributed by atoms with Crippen molar-refractivity contribution in [3.05, 3.63) is 419 Å². The first kappa shape index (κ1) is 69.2. The summed E-state index contributed by atoms with van der Waals surface area (Å²) in [4.78, 5) is 34.3. The molecule has 0 bridgehead atoms. The van der Waals surface area contributed by atoms with E-state index in [2.05, 4.69) is 327 Å². The van der Waals surface area contributed by atoms with Crippen LogP contribution in [0.4, 0.5) is 0 Å². The van der Waals surface area contributed by atoms with Crippen molar-refractivity contribution in [1.82, 2.24) is 53.2 Å². The Morgan fingerprint density at radius 2 is 0.575 bits per heavy atom. The first-order valence-electron chi connectivity index (χ1n) is 40.4. The Labute approximate surface area is 689 Å². The van der Waals surface area contributed by atoms with Crippen LogP contribution >= 0.6 is 0 Å². The molecule has 0 saturated carbocycles. The van der Waals surface area contributed by atoms with E-state index in [0.717, 1.165) is 112 Å². The van der Waals surface area contributed by atoms with Crippen LogP contribution in [-0.4, -0.2) is 53.2 Å². The third-order valence-corrected chi connectivity index (χ3v) is 23.5. The van der Waals surface area contributed by atoms with Gasteiger partial charge in [-0.05, 0) is 149 Å². The zero-order chi connectivity index (χ0) is 79.1. The number of para-hydroxylation sites is 4. The molecule has 0 fully saturated rings. The lowest BCUT2D eigenvalue weighted by molar-refractivity contribution is 1.07. The van der Waals surface area contributed by atoms with E-state index in [9.17, 15) is 0 Å². The van der Waals surface area contributed by atoms with Gasteiger partial charge in [0.1, 0.15) is 5.82 Å². The van der Waals surface area contributed by atoms with E-state index in [1.165, 1.54) is 87.1 Å². The van der Waals surface area contributed by atoms with Gasteiger partial charge in [-0.15, -0.1) is 0 Å². The Balaban J connectivity index is 0.000000140. The Kier molecular flexibility index (Phi) is 16.6. The topological polar surface area (TPSA) is 110 Å². The molecular formula is C109H69N11. The number of benzene rings is 16. The molecule has 24 rings (SSSR count). The predicted octanol–water partition coefficient (Wildman–Crippen LogP) is 27.2. The molecule has 8 heterocycles. The number of hydrogen-bond acceptors (Lipinski definition) is 7. The Morgan fingerprint density at radius 1 is 0.200 bits per heavy atom. The molecule has 24 aromatic rings. The number of fused-ring (bicyclic) bond motifs is 14. The highest BCUT2D eigenvalue weighted by Gasteiger charge is 2.24. The summed E-state index contributed by atoms with van der Waals surface area (Å²) in [5.41, 5.74) is 24.9. The molecule has 0 aliphatic heterocycles. The largest absolute Gasteiger partial charge is 0.309 e. The number of nitrogens with zero attached hydrogens (tertiary/aromatic N) is 11. The molecule has 0 atom stereocenters. The van der Waals surface area contributed by atoms with Gasteiger partial charge in [0.2, 0.25) is 0 Å². The smallest absolute Gasteiger partial charge is 0.164 e. The van der Waals surface area contributed by atoms with Crippen LogP contribution in [0.25, 0.3) is 222 Å². The summed E-state index contributed by atoms with van der Waals surface area (Å²) < 4.78 is 9.48. The van der Waals surface area contributed by atoms with Gasteiger partial charge in [0.05, 0.1) is 61.2 Å². The summed E-state index contributed by atoms with van der Waals surface area (Å²) in [6, 6.07) is 141. The summed E-state index contributed by atoms with van der Waals surface area (Å²) in [6.45, 7) is 0. The number of aromatic nitrogens is 11. The average molecular weight is 1530 g/mol. The van der Waals surface area contributed by atoms with E-state index in [1.807, 2.05) is 116 Å². The fourth-order valence-electron chi connectivity index (χ4n) is 18.0. The highest BCUT2D eigenvalue weighted by molar-refractivity contribution is 6.20. The van der Waals surface area contributed by atoms with E-state index in [4.69, 9.17) is 29.9 Å². The summed E-state index contributed by atoms with van der Waals surface area (Å²) in [7, 11) is 0. The zero-order valence-electron chi connectivity index (χ0n) is 64.8. The molecule has 0 N–H and O–H groups in total. The monoisotopic (exact) mass is 1530 g/mol. The second kappa shape index (κ2) is 28.9. The normalized spacial score (nSPS) is 11.7. The van der Waals surface area contributed by atoms with Crippen molar-refractivity contribution in [1.29, 1.82) is 0 Å². The summed E-state index contributed by atoms with van der Waals surface area (Å²) in [6.07, 6.45) is 5.73. The van der Waals surface area contributed by atoms with Gasteiger partial charge in [0.15, 0.2) is 23.3 Å². The van der Waals surface area contributed by atoms with E-state index in [1.54, 1.807) is 0 Å².